The Labute approximate surface area is 109 Å². The number of nitrogens with two attached hydrogens (primary N) is 1. The SMILES string of the molecule is CC1CCCC(Sc2ccc(C(C)N)cc2)C1. The van der Waals surface area contributed by atoms with Gasteiger partial charge in [0, 0.05) is 16.2 Å². The fourth-order valence-electron chi connectivity index (χ4n) is 2.53. The first kappa shape index (κ1) is 13.0. The van der Waals surface area contributed by atoms with Crippen LogP contribution in [0.4, 0.5) is 0 Å². The lowest BCUT2D eigenvalue weighted by atomic mass is 9.91. The Kier molecular flexibility index (Phi) is 4.52. The molecular weight excluding hydrogens is 226 g/mol. The van der Waals surface area contributed by atoms with Crippen LogP contribution in [0.3, 0.4) is 0 Å². The maximum atomic E-state index is 5.86. The molecule has 1 nitrogen and oxygen atoms in total. The molecule has 1 aromatic rings. The summed E-state index contributed by atoms with van der Waals surface area (Å²) in [4.78, 5) is 1.40. The van der Waals surface area contributed by atoms with Crippen molar-refractivity contribution in [3.63, 3.8) is 0 Å². The number of hydrogen-bond donors (Lipinski definition) is 1. The minimum atomic E-state index is 0.142. The standard InChI is InChI=1S/C15H23NS/c1-11-4-3-5-15(10-11)17-14-8-6-13(7-9-14)12(2)16/h6-9,11-12,15H,3-5,10,16H2,1-2H3. The van der Waals surface area contributed by atoms with Crippen LogP contribution in [0.15, 0.2) is 29.2 Å². The molecule has 1 aliphatic carbocycles. The lowest BCUT2D eigenvalue weighted by molar-refractivity contribution is 0.394. The van der Waals surface area contributed by atoms with Gasteiger partial charge in [0.1, 0.15) is 0 Å². The van der Waals surface area contributed by atoms with E-state index in [1.807, 2.05) is 18.7 Å². The molecule has 0 aliphatic heterocycles. The van der Waals surface area contributed by atoms with Crippen molar-refractivity contribution in [3.8, 4) is 0 Å². The highest BCUT2D eigenvalue weighted by Crippen LogP contribution is 2.36. The van der Waals surface area contributed by atoms with Crippen LogP contribution in [0.2, 0.25) is 0 Å². The molecule has 1 saturated carbocycles. The highest BCUT2D eigenvalue weighted by molar-refractivity contribution is 8.00. The zero-order valence-electron chi connectivity index (χ0n) is 10.9. The van der Waals surface area contributed by atoms with Gasteiger partial charge >= 0.3 is 0 Å². The van der Waals surface area contributed by atoms with Crippen molar-refractivity contribution in [2.45, 2.75) is 55.7 Å². The van der Waals surface area contributed by atoms with Crippen molar-refractivity contribution in [1.29, 1.82) is 0 Å². The quantitative estimate of drug-likeness (QED) is 0.860. The Hall–Kier alpha value is -0.470. The molecule has 0 spiro atoms. The van der Waals surface area contributed by atoms with Gasteiger partial charge < -0.3 is 5.73 Å². The topological polar surface area (TPSA) is 26.0 Å². The molecule has 3 atom stereocenters. The maximum absolute atomic E-state index is 5.86. The maximum Gasteiger partial charge on any atom is 0.0266 e. The summed E-state index contributed by atoms with van der Waals surface area (Å²) < 4.78 is 0. The van der Waals surface area contributed by atoms with Gasteiger partial charge in [-0.05, 0) is 43.4 Å². The third kappa shape index (κ3) is 3.75. The third-order valence-electron chi connectivity index (χ3n) is 3.60. The van der Waals surface area contributed by atoms with Gasteiger partial charge in [0.25, 0.3) is 0 Å². The summed E-state index contributed by atoms with van der Waals surface area (Å²) in [6, 6.07) is 8.92. The molecule has 1 aliphatic rings. The summed E-state index contributed by atoms with van der Waals surface area (Å²) in [5.74, 6) is 0.907. The molecule has 2 rings (SSSR count). The van der Waals surface area contributed by atoms with Crippen molar-refractivity contribution in [2.75, 3.05) is 0 Å². The van der Waals surface area contributed by atoms with Crippen LogP contribution in [-0.4, -0.2) is 5.25 Å². The van der Waals surface area contributed by atoms with Gasteiger partial charge in [-0.3, -0.25) is 0 Å². The van der Waals surface area contributed by atoms with E-state index in [4.69, 9.17) is 5.73 Å². The van der Waals surface area contributed by atoms with Crippen LogP contribution in [-0.2, 0) is 0 Å². The Morgan fingerprint density at radius 1 is 1.24 bits per heavy atom. The van der Waals surface area contributed by atoms with Crippen LogP contribution >= 0.6 is 11.8 Å². The molecule has 0 amide bonds. The van der Waals surface area contributed by atoms with Crippen molar-refractivity contribution in [3.05, 3.63) is 29.8 Å². The van der Waals surface area contributed by atoms with E-state index in [0.29, 0.717) is 0 Å². The molecule has 1 aromatic carbocycles. The molecule has 2 heteroatoms. The number of benzene rings is 1. The van der Waals surface area contributed by atoms with Gasteiger partial charge in [0.2, 0.25) is 0 Å². The van der Waals surface area contributed by atoms with Crippen LogP contribution < -0.4 is 5.73 Å². The van der Waals surface area contributed by atoms with Crippen molar-refractivity contribution < 1.29 is 0 Å². The summed E-state index contributed by atoms with van der Waals surface area (Å²) in [5.41, 5.74) is 7.09. The Balaban J connectivity index is 1.94. The highest BCUT2D eigenvalue weighted by atomic mass is 32.2. The summed E-state index contributed by atoms with van der Waals surface area (Å²) in [5, 5.41) is 0.819. The predicted molar refractivity (Wildman–Crippen MR) is 76.3 cm³/mol. The fraction of sp³-hybridized carbons (Fsp3) is 0.600. The summed E-state index contributed by atoms with van der Waals surface area (Å²) in [7, 11) is 0. The van der Waals surface area contributed by atoms with Gasteiger partial charge in [-0.1, -0.05) is 31.9 Å². The van der Waals surface area contributed by atoms with E-state index in [0.717, 1.165) is 11.2 Å². The zero-order chi connectivity index (χ0) is 12.3. The van der Waals surface area contributed by atoms with E-state index >= 15 is 0 Å². The second-order valence-electron chi connectivity index (χ2n) is 5.37. The molecule has 0 aromatic heterocycles. The second kappa shape index (κ2) is 5.92. The molecule has 0 radical (unpaired) electrons. The molecule has 3 unspecified atom stereocenters. The summed E-state index contributed by atoms with van der Waals surface area (Å²) >= 11 is 2.05. The first-order valence-corrected chi connectivity index (χ1v) is 7.55. The van der Waals surface area contributed by atoms with E-state index in [2.05, 4.69) is 31.2 Å². The Morgan fingerprint density at radius 3 is 2.53 bits per heavy atom. The summed E-state index contributed by atoms with van der Waals surface area (Å²) in [6.07, 6.45) is 5.57. The number of rotatable bonds is 3. The van der Waals surface area contributed by atoms with Crippen LogP contribution in [0.25, 0.3) is 0 Å². The van der Waals surface area contributed by atoms with E-state index in [9.17, 15) is 0 Å². The van der Waals surface area contributed by atoms with Gasteiger partial charge in [0.15, 0.2) is 0 Å². The first-order chi connectivity index (χ1) is 8.15. The molecule has 0 bridgehead atoms. The van der Waals surface area contributed by atoms with E-state index < -0.39 is 0 Å². The monoisotopic (exact) mass is 249 g/mol. The molecule has 1 fully saturated rings. The van der Waals surface area contributed by atoms with Crippen molar-refractivity contribution >= 4 is 11.8 Å². The van der Waals surface area contributed by atoms with Gasteiger partial charge in [0.05, 0.1) is 0 Å². The van der Waals surface area contributed by atoms with Crippen LogP contribution in [0.5, 0.6) is 0 Å². The first-order valence-electron chi connectivity index (χ1n) is 6.67. The molecule has 0 heterocycles. The molecule has 0 saturated heterocycles. The highest BCUT2D eigenvalue weighted by Gasteiger charge is 2.19. The minimum Gasteiger partial charge on any atom is -0.324 e. The number of hydrogen-bond acceptors (Lipinski definition) is 2. The van der Waals surface area contributed by atoms with Gasteiger partial charge in [-0.2, -0.15) is 0 Å². The summed E-state index contributed by atoms with van der Waals surface area (Å²) in [6.45, 7) is 4.41. The largest absolute Gasteiger partial charge is 0.324 e. The van der Waals surface area contributed by atoms with Gasteiger partial charge in [-0.25, -0.2) is 0 Å². The second-order valence-corrected chi connectivity index (χ2v) is 6.74. The molecule has 17 heavy (non-hydrogen) atoms. The fourth-order valence-corrected chi connectivity index (χ4v) is 3.92. The zero-order valence-corrected chi connectivity index (χ0v) is 11.7. The molecule has 94 valence electrons. The lowest BCUT2D eigenvalue weighted by Gasteiger charge is -2.26. The van der Waals surface area contributed by atoms with Crippen LogP contribution in [0.1, 0.15) is 51.1 Å². The normalized spacial score (nSPS) is 26.8. The number of thioether (sulfide) groups is 1. The average molecular weight is 249 g/mol. The van der Waals surface area contributed by atoms with E-state index in [1.54, 1.807) is 0 Å². The smallest absolute Gasteiger partial charge is 0.0266 e. The van der Waals surface area contributed by atoms with Gasteiger partial charge in [-0.15, -0.1) is 11.8 Å². The Bertz CT molecular complexity index is 344. The average Bonchev–Trinajstić information content (AvgIpc) is 2.29. The van der Waals surface area contributed by atoms with Crippen molar-refractivity contribution in [2.24, 2.45) is 11.7 Å². The van der Waals surface area contributed by atoms with E-state index in [1.165, 1.54) is 36.1 Å². The predicted octanol–water partition coefficient (Wildman–Crippen LogP) is 4.38. The molecule has 2 N–H and O–H groups in total. The van der Waals surface area contributed by atoms with E-state index in [-0.39, 0.29) is 6.04 Å². The molecular formula is C15H23NS. The van der Waals surface area contributed by atoms with Crippen LogP contribution in [0, 0.1) is 5.92 Å². The third-order valence-corrected chi connectivity index (χ3v) is 4.90. The van der Waals surface area contributed by atoms with Crippen molar-refractivity contribution in [1.82, 2.24) is 0 Å². The Morgan fingerprint density at radius 2 is 1.94 bits per heavy atom. The minimum absolute atomic E-state index is 0.142. The lowest BCUT2D eigenvalue weighted by Crippen LogP contribution is -2.14.